The van der Waals surface area contributed by atoms with Gasteiger partial charge in [0.05, 0.1) is 0 Å². The summed E-state index contributed by atoms with van der Waals surface area (Å²) in [4.78, 5) is 11.8. The SMILES string of the molecule is N#CC1C=Cc2ccc3n[se]nc3c2NC1=O. The average Bonchev–Trinajstić information content (AvgIpc) is 2.74. The van der Waals surface area contributed by atoms with E-state index in [-0.39, 0.29) is 20.9 Å². The predicted octanol–water partition coefficient (Wildman–Crippen LogP) is 0.792. The summed E-state index contributed by atoms with van der Waals surface area (Å²) in [6.07, 6.45) is 3.38. The van der Waals surface area contributed by atoms with Gasteiger partial charge in [0, 0.05) is 0 Å². The Morgan fingerprint density at radius 3 is 3.12 bits per heavy atom. The van der Waals surface area contributed by atoms with E-state index in [1.807, 2.05) is 18.2 Å². The number of benzene rings is 1. The number of amides is 1. The Bertz CT molecular complexity index is 682. The normalized spacial score (nSPS) is 18.3. The summed E-state index contributed by atoms with van der Waals surface area (Å²) in [6, 6.07) is 5.71. The second kappa shape index (κ2) is 3.81. The number of aromatic nitrogens is 2. The molecule has 2 heterocycles. The van der Waals surface area contributed by atoms with E-state index in [0.717, 1.165) is 16.6 Å². The van der Waals surface area contributed by atoms with Crippen molar-refractivity contribution in [2.24, 2.45) is 5.92 Å². The number of carbonyl (C=O) groups excluding carboxylic acids is 1. The zero-order chi connectivity index (χ0) is 11.8. The molecule has 1 aliphatic heterocycles. The molecule has 0 bridgehead atoms. The molecule has 0 saturated carbocycles. The van der Waals surface area contributed by atoms with Crippen LogP contribution < -0.4 is 5.32 Å². The fraction of sp³-hybridized carbons (Fsp3) is 0.0909. The first-order valence-corrected chi connectivity index (χ1v) is 6.47. The Morgan fingerprint density at radius 1 is 1.41 bits per heavy atom. The number of hydrogen-bond acceptors (Lipinski definition) is 4. The average molecular weight is 289 g/mol. The number of anilines is 1. The minimum atomic E-state index is -0.748. The van der Waals surface area contributed by atoms with Crippen LogP contribution in [0.3, 0.4) is 0 Å². The molecule has 6 heteroatoms. The van der Waals surface area contributed by atoms with E-state index < -0.39 is 5.92 Å². The summed E-state index contributed by atoms with van der Waals surface area (Å²) in [5, 5.41) is 11.6. The van der Waals surface area contributed by atoms with Gasteiger partial charge in [-0.05, 0) is 0 Å². The Balaban J connectivity index is 2.23. The summed E-state index contributed by atoms with van der Waals surface area (Å²) in [5.41, 5.74) is 3.09. The summed E-state index contributed by atoms with van der Waals surface area (Å²) < 4.78 is 8.56. The molecular formula is C11H6N4OSe. The number of fused-ring (bicyclic) bond motifs is 3. The van der Waals surface area contributed by atoms with Crippen LogP contribution in [0.15, 0.2) is 18.2 Å². The molecule has 0 spiro atoms. The monoisotopic (exact) mass is 290 g/mol. The van der Waals surface area contributed by atoms with Gasteiger partial charge in [-0.3, -0.25) is 0 Å². The molecular weight excluding hydrogens is 283 g/mol. The van der Waals surface area contributed by atoms with Crippen LogP contribution in [0.25, 0.3) is 17.1 Å². The van der Waals surface area contributed by atoms with Crippen LogP contribution in [0.4, 0.5) is 5.69 Å². The molecule has 1 aromatic carbocycles. The number of rotatable bonds is 0. The fourth-order valence-electron chi connectivity index (χ4n) is 1.73. The maximum atomic E-state index is 11.8. The Hall–Kier alpha value is -1.96. The van der Waals surface area contributed by atoms with Gasteiger partial charge in [-0.25, -0.2) is 0 Å². The van der Waals surface area contributed by atoms with Gasteiger partial charge in [0.1, 0.15) is 0 Å². The fourth-order valence-corrected chi connectivity index (χ4v) is 2.87. The molecule has 0 fully saturated rings. The molecule has 82 valence electrons. The standard InChI is InChI=1S/C11H6N4OSe/c12-5-7-2-1-6-3-4-8-10(15-17-14-8)9(6)13-11(7)16/h1-4,7H,(H,13,16). The summed E-state index contributed by atoms with van der Waals surface area (Å²) in [6.45, 7) is 0. The molecule has 0 radical (unpaired) electrons. The van der Waals surface area contributed by atoms with Crippen molar-refractivity contribution in [2.45, 2.75) is 0 Å². The summed E-state index contributed by atoms with van der Waals surface area (Å²) in [7, 11) is 0. The zero-order valence-corrected chi connectivity index (χ0v) is 10.3. The second-order valence-electron chi connectivity index (χ2n) is 3.62. The number of nitrogens with one attached hydrogen (secondary N) is 1. The van der Waals surface area contributed by atoms with Crippen LogP contribution in [0, 0.1) is 17.2 Å². The summed E-state index contributed by atoms with van der Waals surface area (Å²) in [5.74, 6) is -1.06. The zero-order valence-electron chi connectivity index (χ0n) is 8.54. The van der Waals surface area contributed by atoms with Gasteiger partial charge in [-0.1, -0.05) is 0 Å². The maximum absolute atomic E-state index is 11.8. The number of carbonyl (C=O) groups is 1. The minimum absolute atomic E-state index is 0.132. The third kappa shape index (κ3) is 1.57. The summed E-state index contributed by atoms with van der Waals surface area (Å²) >= 11 is -0.132. The van der Waals surface area contributed by atoms with Crippen LogP contribution in [0.2, 0.25) is 0 Å². The van der Waals surface area contributed by atoms with Crippen molar-refractivity contribution in [3.63, 3.8) is 0 Å². The first-order valence-electron chi connectivity index (χ1n) is 4.93. The predicted molar refractivity (Wildman–Crippen MR) is 63.2 cm³/mol. The molecule has 1 atom stereocenters. The van der Waals surface area contributed by atoms with E-state index in [9.17, 15) is 4.79 Å². The second-order valence-corrected chi connectivity index (χ2v) is 4.73. The first-order chi connectivity index (χ1) is 8.29. The van der Waals surface area contributed by atoms with Gasteiger partial charge in [-0.15, -0.1) is 0 Å². The number of hydrogen-bond donors (Lipinski definition) is 1. The third-order valence-corrected chi connectivity index (χ3v) is 3.74. The molecule has 1 N–H and O–H groups in total. The van der Waals surface area contributed by atoms with Crippen LogP contribution in [-0.2, 0) is 4.79 Å². The van der Waals surface area contributed by atoms with E-state index in [1.54, 1.807) is 12.2 Å². The van der Waals surface area contributed by atoms with Gasteiger partial charge in [0.25, 0.3) is 0 Å². The molecule has 5 nitrogen and oxygen atoms in total. The van der Waals surface area contributed by atoms with E-state index in [4.69, 9.17) is 5.26 Å². The molecule has 17 heavy (non-hydrogen) atoms. The Morgan fingerprint density at radius 2 is 2.29 bits per heavy atom. The van der Waals surface area contributed by atoms with Crippen molar-refractivity contribution in [1.82, 2.24) is 7.96 Å². The number of nitrogens with zero attached hydrogens (tertiary/aromatic N) is 3. The molecule has 2 aromatic rings. The van der Waals surface area contributed by atoms with Crippen LogP contribution in [0.5, 0.6) is 0 Å². The van der Waals surface area contributed by atoms with Crippen molar-refractivity contribution in [2.75, 3.05) is 5.32 Å². The van der Waals surface area contributed by atoms with E-state index in [1.165, 1.54) is 0 Å². The Labute approximate surface area is 103 Å². The van der Waals surface area contributed by atoms with Crippen LogP contribution in [0.1, 0.15) is 5.56 Å². The van der Waals surface area contributed by atoms with E-state index in [0.29, 0.717) is 5.69 Å². The third-order valence-electron chi connectivity index (χ3n) is 2.60. The van der Waals surface area contributed by atoms with Gasteiger partial charge in [-0.2, -0.15) is 0 Å². The van der Waals surface area contributed by atoms with Crippen molar-refractivity contribution >= 4 is 43.7 Å². The van der Waals surface area contributed by atoms with E-state index >= 15 is 0 Å². The van der Waals surface area contributed by atoms with Gasteiger partial charge >= 0.3 is 103 Å². The Kier molecular flexibility index (Phi) is 2.29. The van der Waals surface area contributed by atoms with Crippen LogP contribution >= 0.6 is 0 Å². The van der Waals surface area contributed by atoms with Gasteiger partial charge < -0.3 is 0 Å². The van der Waals surface area contributed by atoms with Crippen molar-refractivity contribution in [3.8, 4) is 6.07 Å². The molecule has 1 unspecified atom stereocenters. The van der Waals surface area contributed by atoms with Crippen molar-refractivity contribution < 1.29 is 4.79 Å². The number of nitriles is 1. The van der Waals surface area contributed by atoms with Crippen molar-refractivity contribution in [3.05, 3.63) is 23.8 Å². The molecule has 1 amide bonds. The van der Waals surface area contributed by atoms with Crippen molar-refractivity contribution in [1.29, 1.82) is 5.26 Å². The molecule has 3 rings (SSSR count). The van der Waals surface area contributed by atoms with Crippen LogP contribution in [-0.4, -0.2) is 28.8 Å². The molecule has 0 aliphatic carbocycles. The first kappa shape index (κ1) is 10.2. The molecule has 1 aromatic heterocycles. The topological polar surface area (TPSA) is 78.7 Å². The van der Waals surface area contributed by atoms with E-state index in [2.05, 4.69) is 13.3 Å². The quantitative estimate of drug-likeness (QED) is 0.727. The van der Waals surface area contributed by atoms with Gasteiger partial charge in [0.2, 0.25) is 0 Å². The molecule has 1 aliphatic rings. The molecule has 0 saturated heterocycles. The van der Waals surface area contributed by atoms with Gasteiger partial charge in [0.15, 0.2) is 0 Å².